The Morgan fingerprint density at radius 3 is 2.69 bits per heavy atom. The monoisotopic (exact) mass is 194 g/mol. The van der Waals surface area contributed by atoms with Gasteiger partial charge in [0.2, 0.25) is 5.82 Å². The van der Waals surface area contributed by atoms with Crippen LogP contribution < -0.4 is 0 Å². The molecule has 0 fully saturated rings. The van der Waals surface area contributed by atoms with Gasteiger partial charge in [-0.15, -0.1) is 0 Å². The number of aliphatic carboxylic acids is 1. The Bertz CT molecular complexity index is 318. The van der Waals surface area contributed by atoms with E-state index < -0.39 is 24.5 Å². The average molecular weight is 194 g/mol. The minimum atomic E-state index is -4.61. The third-order valence-corrected chi connectivity index (χ3v) is 1.27. The fraction of sp³-hybridized carbons (Fsp3) is 0.333. The third-order valence-electron chi connectivity index (χ3n) is 1.27. The fourth-order valence-electron chi connectivity index (χ4n) is 0.839. The van der Waals surface area contributed by atoms with Gasteiger partial charge in [0.25, 0.3) is 0 Å². The van der Waals surface area contributed by atoms with Crippen LogP contribution in [0.2, 0.25) is 0 Å². The van der Waals surface area contributed by atoms with E-state index >= 15 is 0 Å². The molecule has 4 nitrogen and oxygen atoms in total. The Hall–Kier alpha value is -1.53. The highest BCUT2D eigenvalue weighted by molar-refractivity contribution is 5.66. The zero-order chi connectivity index (χ0) is 10.1. The molecular formula is C6H5F3N2O2. The van der Waals surface area contributed by atoms with Gasteiger partial charge in [0, 0.05) is 12.4 Å². The predicted octanol–water partition coefficient (Wildman–Crippen LogP) is 0.987. The molecule has 13 heavy (non-hydrogen) atoms. The first-order valence-corrected chi connectivity index (χ1v) is 3.21. The molecule has 7 heteroatoms. The zero-order valence-corrected chi connectivity index (χ0v) is 6.25. The SMILES string of the molecule is O=C(O)Cn1ccnc1C(F)(F)F. The van der Waals surface area contributed by atoms with Crippen molar-refractivity contribution in [3.8, 4) is 0 Å². The molecule has 0 aliphatic heterocycles. The summed E-state index contributed by atoms with van der Waals surface area (Å²) in [5.41, 5.74) is 0. The van der Waals surface area contributed by atoms with E-state index in [2.05, 4.69) is 4.98 Å². The summed E-state index contributed by atoms with van der Waals surface area (Å²) in [5, 5.41) is 8.26. The minimum Gasteiger partial charge on any atom is -0.480 e. The van der Waals surface area contributed by atoms with Crippen LogP contribution in [0.15, 0.2) is 12.4 Å². The molecule has 0 atom stereocenters. The molecule has 0 unspecified atom stereocenters. The molecule has 1 heterocycles. The smallest absolute Gasteiger partial charge is 0.449 e. The number of carboxylic acid groups (broad SMARTS) is 1. The second-order valence-electron chi connectivity index (χ2n) is 2.27. The summed E-state index contributed by atoms with van der Waals surface area (Å²) in [7, 11) is 0. The van der Waals surface area contributed by atoms with Gasteiger partial charge in [-0.1, -0.05) is 0 Å². The minimum absolute atomic E-state index is 0.530. The lowest BCUT2D eigenvalue weighted by Crippen LogP contribution is -2.18. The van der Waals surface area contributed by atoms with E-state index in [0.29, 0.717) is 4.57 Å². The molecule has 0 amide bonds. The number of halogens is 3. The fourth-order valence-corrected chi connectivity index (χ4v) is 0.839. The molecule has 1 N–H and O–H groups in total. The number of aromatic nitrogens is 2. The lowest BCUT2D eigenvalue weighted by Gasteiger charge is -2.07. The van der Waals surface area contributed by atoms with Gasteiger partial charge in [0.15, 0.2) is 0 Å². The summed E-state index contributed by atoms with van der Waals surface area (Å²) in [4.78, 5) is 13.1. The topological polar surface area (TPSA) is 55.1 Å². The van der Waals surface area contributed by atoms with E-state index in [1.165, 1.54) is 0 Å². The standard InChI is InChI=1S/C6H5F3N2O2/c7-6(8,9)5-10-1-2-11(5)3-4(12)13/h1-2H,3H2,(H,12,13). The number of rotatable bonds is 2. The number of imidazole rings is 1. The Balaban J connectivity index is 2.96. The van der Waals surface area contributed by atoms with Crippen LogP contribution in [0, 0.1) is 0 Å². The van der Waals surface area contributed by atoms with Gasteiger partial charge < -0.3 is 9.67 Å². The highest BCUT2D eigenvalue weighted by Gasteiger charge is 2.36. The van der Waals surface area contributed by atoms with E-state index in [9.17, 15) is 18.0 Å². The van der Waals surface area contributed by atoms with Crippen molar-refractivity contribution >= 4 is 5.97 Å². The summed E-state index contributed by atoms with van der Waals surface area (Å²) in [5.74, 6) is -2.54. The normalized spacial score (nSPS) is 11.6. The van der Waals surface area contributed by atoms with Crippen molar-refractivity contribution < 1.29 is 23.1 Å². The summed E-state index contributed by atoms with van der Waals surface area (Å²) < 4.78 is 36.7. The van der Waals surface area contributed by atoms with E-state index in [1.807, 2.05) is 0 Å². The van der Waals surface area contributed by atoms with Crippen LogP contribution in [0.5, 0.6) is 0 Å². The molecule has 0 spiro atoms. The summed E-state index contributed by atoms with van der Waals surface area (Å²) in [6.45, 7) is -0.741. The van der Waals surface area contributed by atoms with Crippen molar-refractivity contribution in [2.45, 2.75) is 12.7 Å². The molecule has 1 aromatic heterocycles. The van der Waals surface area contributed by atoms with E-state index in [-0.39, 0.29) is 0 Å². The zero-order valence-electron chi connectivity index (χ0n) is 6.25. The first kappa shape index (κ1) is 9.56. The Kier molecular flexibility index (Phi) is 2.26. The van der Waals surface area contributed by atoms with Crippen molar-refractivity contribution in [2.24, 2.45) is 0 Å². The summed E-state index contributed by atoms with van der Waals surface area (Å²) in [6, 6.07) is 0. The van der Waals surface area contributed by atoms with Gasteiger partial charge in [-0.3, -0.25) is 4.79 Å². The number of alkyl halides is 3. The quantitative estimate of drug-likeness (QED) is 0.763. The van der Waals surface area contributed by atoms with Gasteiger partial charge >= 0.3 is 12.1 Å². The van der Waals surface area contributed by atoms with Gasteiger partial charge in [-0.05, 0) is 0 Å². The van der Waals surface area contributed by atoms with Crippen LogP contribution in [0.25, 0.3) is 0 Å². The average Bonchev–Trinajstić information content (AvgIpc) is 2.31. The van der Waals surface area contributed by atoms with Crippen molar-refractivity contribution in [1.29, 1.82) is 0 Å². The van der Waals surface area contributed by atoms with Crippen molar-refractivity contribution in [3.05, 3.63) is 18.2 Å². The van der Waals surface area contributed by atoms with Crippen LogP contribution in [0.4, 0.5) is 13.2 Å². The number of hydrogen-bond donors (Lipinski definition) is 1. The van der Waals surface area contributed by atoms with Crippen molar-refractivity contribution in [3.63, 3.8) is 0 Å². The van der Waals surface area contributed by atoms with Crippen LogP contribution >= 0.6 is 0 Å². The molecular weight excluding hydrogens is 189 g/mol. The van der Waals surface area contributed by atoms with Crippen LogP contribution in [0.1, 0.15) is 5.82 Å². The molecule has 0 aliphatic rings. The molecule has 0 saturated heterocycles. The molecule has 0 bridgehead atoms. The molecule has 0 aromatic carbocycles. The second-order valence-corrected chi connectivity index (χ2v) is 2.27. The molecule has 0 aliphatic carbocycles. The number of nitrogens with zero attached hydrogens (tertiary/aromatic N) is 2. The summed E-state index contributed by atoms with van der Waals surface area (Å²) in [6.07, 6.45) is -2.73. The van der Waals surface area contributed by atoms with Crippen molar-refractivity contribution in [2.75, 3.05) is 0 Å². The lowest BCUT2D eigenvalue weighted by atomic mass is 10.5. The maximum atomic E-state index is 12.1. The first-order chi connectivity index (χ1) is 5.91. The molecule has 1 rings (SSSR count). The molecule has 0 saturated carbocycles. The highest BCUT2D eigenvalue weighted by Crippen LogP contribution is 2.27. The largest absolute Gasteiger partial charge is 0.480 e. The maximum Gasteiger partial charge on any atom is 0.449 e. The maximum absolute atomic E-state index is 12.1. The van der Waals surface area contributed by atoms with Crippen LogP contribution in [-0.4, -0.2) is 20.6 Å². The Morgan fingerprint density at radius 1 is 1.62 bits per heavy atom. The van der Waals surface area contributed by atoms with Crippen molar-refractivity contribution in [1.82, 2.24) is 9.55 Å². The molecule has 0 radical (unpaired) electrons. The molecule has 72 valence electrons. The predicted molar refractivity (Wildman–Crippen MR) is 34.9 cm³/mol. The van der Waals surface area contributed by atoms with Gasteiger partial charge in [-0.25, -0.2) is 4.98 Å². The van der Waals surface area contributed by atoms with Gasteiger partial charge in [0.1, 0.15) is 6.54 Å². The number of carboxylic acids is 1. The first-order valence-electron chi connectivity index (χ1n) is 3.21. The van der Waals surface area contributed by atoms with E-state index in [4.69, 9.17) is 5.11 Å². The Morgan fingerprint density at radius 2 is 2.23 bits per heavy atom. The van der Waals surface area contributed by atoms with Crippen LogP contribution in [0.3, 0.4) is 0 Å². The Labute approximate surface area is 70.6 Å². The van der Waals surface area contributed by atoms with E-state index in [1.54, 1.807) is 0 Å². The second kappa shape index (κ2) is 3.08. The van der Waals surface area contributed by atoms with Gasteiger partial charge in [-0.2, -0.15) is 13.2 Å². The summed E-state index contributed by atoms with van der Waals surface area (Å²) >= 11 is 0. The lowest BCUT2D eigenvalue weighted by molar-refractivity contribution is -0.149. The number of hydrogen-bond acceptors (Lipinski definition) is 2. The number of carbonyl (C=O) groups is 1. The third kappa shape index (κ3) is 2.20. The molecule has 1 aromatic rings. The highest BCUT2D eigenvalue weighted by atomic mass is 19.4. The van der Waals surface area contributed by atoms with Gasteiger partial charge in [0.05, 0.1) is 0 Å². The van der Waals surface area contributed by atoms with E-state index in [0.717, 1.165) is 12.4 Å². The van der Waals surface area contributed by atoms with Crippen LogP contribution in [-0.2, 0) is 17.5 Å².